The monoisotopic (exact) mass is 489 g/mol. The lowest BCUT2D eigenvalue weighted by Crippen LogP contribution is -2.22. The standard InChI is InChI=1S/C28H31N3O5/c1-28(2,15-14-20(32)17-35-24-5-3-4-23-25(24)31-27(34)30-23)16-18-6-10-21(11-7-18)36-22-12-8-19(9-13-22)26(29)33/h3-13,20,32H,14-17H2,1-2H3,(H2,29,33)(H2,30,31,34)/t20-/m0/s1. The summed E-state index contributed by atoms with van der Waals surface area (Å²) in [6.07, 6.45) is 1.63. The van der Waals surface area contributed by atoms with Gasteiger partial charge in [0.15, 0.2) is 0 Å². The molecule has 0 unspecified atom stereocenters. The fourth-order valence-corrected chi connectivity index (χ4v) is 4.12. The van der Waals surface area contributed by atoms with E-state index in [1.807, 2.05) is 24.3 Å². The number of rotatable bonds is 11. The van der Waals surface area contributed by atoms with Gasteiger partial charge in [-0.2, -0.15) is 0 Å². The maximum absolute atomic E-state index is 11.5. The van der Waals surface area contributed by atoms with Gasteiger partial charge in [0, 0.05) is 5.56 Å². The zero-order valence-electron chi connectivity index (χ0n) is 20.4. The predicted octanol–water partition coefficient (Wildman–Crippen LogP) is 4.54. The number of carbonyl (C=O) groups excluding carboxylic acids is 1. The molecule has 8 nitrogen and oxygen atoms in total. The van der Waals surface area contributed by atoms with E-state index in [4.69, 9.17) is 15.2 Å². The van der Waals surface area contributed by atoms with E-state index in [9.17, 15) is 14.7 Å². The molecular weight excluding hydrogens is 458 g/mol. The summed E-state index contributed by atoms with van der Waals surface area (Å²) >= 11 is 0. The first-order valence-electron chi connectivity index (χ1n) is 11.9. The Labute approximate surface area is 209 Å². The summed E-state index contributed by atoms with van der Waals surface area (Å²) in [5.74, 6) is 1.40. The first kappa shape index (κ1) is 25.1. The van der Waals surface area contributed by atoms with Gasteiger partial charge in [0.05, 0.1) is 11.6 Å². The van der Waals surface area contributed by atoms with Crippen molar-refractivity contribution in [2.75, 3.05) is 6.61 Å². The average molecular weight is 490 g/mol. The van der Waals surface area contributed by atoms with Crippen molar-refractivity contribution < 1.29 is 19.4 Å². The topological polar surface area (TPSA) is 130 Å². The molecule has 4 rings (SSSR count). The second kappa shape index (κ2) is 10.7. The van der Waals surface area contributed by atoms with Gasteiger partial charge >= 0.3 is 5.69 Å². The number of carbonyl (C=O) groups is 1. The number of imidazole rings is 1. The molecule has 1 heterocycles. The normalized spacial score (nSPS) is 12.4. The molecule has 8 heteroatoms. The number of hydrogen-bond donors (Lipinski definition) is 4. The Morgan fingerprint density at radius 1 is 1.00 bits per heavy atom. The highest BCUT2D eigenvalue weighted by Gasteiger charge is 2.21. The summed E-state index contributed by atoms with van der Waals surface area (Å²) in [4.78, 5) is 28.1. The molecule has 0 aliphatic rings. The first-order valence-corrected chi connectivity index (χ1v) is 11.9. The summed E-state index contributed by atoms with van der Waals surface area (Å²) in [5, 5.41) is 10.5. The average Bonchev–Trinajstić information content (AvgIpc) is 3.23. The number of ether oxygens (including phenoxy) is 2. The minimum absolute atomic E-state index is 0.0279. The molecule has 0 aliphatic heterocycles. The molecule has 0 radical (unpaired) electrons. The van der Waals surface area contributed by atoms with E-state index in [0.717, 1.165) is 12.8 Å². The van der Waals surface area contributed by atoms with Crippen LogP contribution < -0.4 is 20.9 Å². The third-order valence-corrected chi connectivity index (χ3v) is 6.08. The number of amides is 1. The van der Waals surface area contributed by atoms with Crippen molar-refractivity contribution in [3.05, 3.63) is 88.3 Å². The molecule has 0 aliphatic carbocycles. The molecular formula is C28H31N3O5. The molecule has 1 atom stereocenters. The van der Waals surface area contributed by atoms with Gasteiger partial charge in [0.25, 0.3) is 0 Å². The van der Waals surface area contributed by atoms with E-state index in [1.165, 1.54) is 5.56 Å². The number of nitrogens with one attached hydrogen (secondary N) is 2. The Morgan fingerprint density at radius 3 is 2.33 bits per heavy atom. The van der Waals surface area contributed by atoms with Crippen molar-refractivity contribution in [2.45, 2.75) is 39.2 Å². The molecule has 0 spiro atoms. The molecule has 36 heavy (non-hydrogen) atoms. The second-order valence-corrected chi connectivity index (χ2v) is 9.74. The van der Waals surface area contributed by atoms with Gasteiger partial charge < -0.3 is 30.3 Å². The van der Waals surface area contributed by atoms with Gasteiger partial charge in [0.1, 0.15) is 29.4 Å². The van der Waals surface area contributed by atoms with Crippen LogP contribution in [0, 0.1) is 5.41 Å². The lowest BCUT2D eigenvalue weighted by atomic mass is 9.81. The molecule has 1 aromatic heterocycles. The molecule has 1 amide bonds. The Kier molecular flexibility index (Phi) is 7.45. The third-order valence-electron chi connectivity index (χ3n) is 6.08. The molecule has 0 bridgehead atoms. The SMILES string of the molecule is CC(C)(CC[C@H](O)COc1cccc2[nH]c(=O)[nH]c12)Cc1ccc(Oc2ccc(C(N)=O)cc2)cc1. The largest absolute Gasteiger partial charge is 0.489 e. The first-order chi connectivity index (χ1) is 17.2. The van der Waals surface area contributed by atoms with Crippen LogP contribution >= 0.6 is 0 Å². The van der Waals surface area contributed by atoms with Gasteiger partial charge in [-0.3, -0.25) is 4.79 Å². The van der Waals surface area contributed by atoms with E-state index in [0.29, 0.717) is 40.3 Å². The summed E-state index contributed by atoms with van der Waals surface area (Å²) in [5.41, 5.74) is 7.83. The highest BCUT2D eigenvalue weighted by Crippen LogP contribution is 2.30. The Bertz CT molecular complexity index is 1370. The van der Waals surface area contributed by atoms with Crippen LogP contribution in [0.4, 0.5) is 0 Å². The van der Waals surface area contributed by atoms with E-state index >= 15 is 0 Å². The van der Waals surface area contributed by atoms with Crippen LogP contribution in [-0.4, -0.2) is 33.7 Å². The minimum atomic E-state index is -0.623. The van der Waals surface area contributed by atoms with Crippen LogP contribution in [0.2, 0.25) is 0 Å². The Balaban J connectivity index is 1.26. The number of primary amides is 1. The van der Waals surface area contributed by atoms with E-state index in [2.05, 4.69) is 23.8 Å². The van der Waals surface area contributed by atoms with E-state index in [-0.39, 0.29) is 17.7 Å². The molecule has 0 saturated carbocycles. The molecule has 5 N–H and O–H groups in total. The number of nitrogens with two attached hydrogens (primary N) is 1. The Hall–Kier alpha value is -4.04. The number of H-pyrrole nitrogens is 2. The zero-order valence-corrected chi connectivity index (χ0v) is 20.4. The van der Waals surface area contributed by atoms with Crippen molar-refractivity contribution in [1.29, 1.82) is 0 Å². The predicted molar refractivity (Wildman–Crippen MR) is 139 cm³/mol. The number of hydrogen-bond acceptors (Lipinski definition) is 5. The number of para-hydroxylation sites is 1. The number of aromatic amines is 2. The van der Waals surface area contributed by atoms with E-state index in [1.54, 1.807) is 42.5 Å². The van der Waals surface area contributed by atoms with Crippen molar-refractivity contribution in [2.24, 2.45) is 11.1 Å². The van der Waals surface area contributed by atoms with Gasteiger partial charge in [0.2, 0.25) is 5.91 Å². The molecule has 0 saturated heterocycles. The summed E-state index contributed by atoms with van der Waals surface area (Å²) in [6.45, 7) is 4.50. The Morgan fingerprint density at radius 2 is 1.67 bits per heavy atom. The number of benzene rings is 3. The lowest BCUT2D eigenvalue weighted by molar-refractivity contribution is 0.0876. The van der Waals surface area contributed by atoms with Gasteiger partial charge in [-0.25, -0.2) is 4.79 Å². The van der Waals surface area contributed by atoms with Crippen LogP contribution in [0.25, 0.3) is 11.0 Å². The summed E-state index contributed by atoms with van der Waals surface area (Å²) < 4.78 is 11.6. The van der Waals surface area contributed by atoms with Crippen LogP contribution in [-0.2, 0) is 6.42 Å². The summed E-state index contributed by atoms with van der Waals surface area (Å²) in [6, 6.07) is 20.0. The highest BCUT2D eigenvalue weighted by atomic mass is 16.5. The number of fused-ring (bicyclic) bond motifs is 1. The van der Waals surface area contributed by atoms with Crippen molar-refractivity contribution in [3.8, 4) is 17.2 Å². The number of aliphatic hydroxyl groups excluding tert-OH is 1. The number of aromatic nitrogens is 2. The van der Waals surface area contributed by atoms with Crippen molar-refractivity contribution in [3.63, 3.8) is 0 Å². The molecule has 3 aromatic carbocycles. The van der Waals surface area contributed by atoms with Gasteiger partial charge in [-0.05, 0) is 78.8 Å². The van der Waals surface area contributed by atoms with Crippen molar-refractivity contribution in [1.82, 2.24) is 9.97 Å². The highest BCUT2D eigenvalue weighted by molar-refractivity contribution is 5.92. The molecule has 4 aromatic rings. The van der Waals surface area contributed by atoms with E-state index < -0.39 is 12.0 Å². The fourth-order valence-electron chi connectivity index (χ4n) is 4.12. The quantitative estimate of drug-likeness (QED) is 0.246. The van der Waals surface area contributed by atoms with Crippen LogP contribution in [0.15, 0.2) is 71.5 Å². The third kappa shape index (κ3) is 6.55. The smallest absolute Gasteiger partial charge is 0.323 e. The zero-order chi connectivity index (χ0) is 25.7. The summed E-state index contributed by atoms with van der Waals surface area (Å²) in [7, 11) is 0. The van der Waals surface area contributed by atoms with Crippen LogP contribution in [0.3, 0.4) is 0 Å². The maximum Gasteiger partial charge on any atom is 0.323 e. The fraction of sp³-hybridized carbons (Fsp3) is 0.286. The van der Waals surface area contributed by atoms with Gasteiger partial charge in [-0.15, -0.1) is 0 Å². The van der Waals surface area contributed by atoms with Gasteiger partial charge in [-0.1, -0.05) is 32.0 Å². The molecule has 188 valence electrons. The number of aliphatic hydroxyl groups is 1. The van der Waals surface area contributed by atoms with Crippen LogP contribution in [0.5, 0.6) is 17.2 Å². The lowest BCUT2D eigenvalue weighted by Gasteiger charge is -2.26. The van der Waals surface area contributed by atoms with Crippen molar-refractivity contribution >= 4 is 16.9 Å². The molecule has 0 fully saturated rings. The second-order valence-electron chi connectivity index (χ2n) is 9.74. The maximum atomic E-state index is 11.5. The minimum Gasteiger partial charge on any atom is -0.489 e. The van der Waals surface area contributed by atoms with Crippen LogP contribution in [0.1, 0.15) is 42.6 Å².